The first kappa shape index (κ1) is 15.6. The smallest absolute Gasteiger partial charge is 0.394 e. The van der Waals surface area contributed by atoms with Gasteiger partial charge in [-0.15, -0.1) is 0 Å². The van der Waals surface area contributed by atoms with E-state index < -0.39 is 0 Å². The Morgan fingerprint density at radius 1 is 1.39 bits per heavy atom. The number of hydrogen-bond acceptors (Lipinski definition) is 5. The van der Waals surface area contributed by atoms with E-state index in [2.05, 4.69) is 15.6 Å². The summed E-state index contributed by atoms with van der Waals surface area (Å²) in [7, 11) is 0. The molecule has 1 aromatic heterocycles. The molecule has 0 spiro atoms. The SMILES string of the molecule is CCOc1nc2cc(NC(=O)NCC3CCOCC3)ccc2o1. The van der Waals surface area contributed by atoms with Crippen LogP contribution in [0.15, 0.2) is 22.6 Å². The summed E-state index contributed by atoms with van der Waals surface area (Å²) in [5, 5.41) is 5.71. The van der Waals surface area contributed by atoms with E-state index >= 15 is 0 Å². The number of ether oxygens (including phenoxy) is 2. The molecule has 2 N–H and O–H groups in total. The molecule has 1 aromatic carbocycles. The number of nitrogens with one attached hydrogen (secondary N) is 2. The molecule has 0 atom stereocenters. The summed E-state index contributed by atoms with van der Waals surface area (Å²) in [5.41, 5.74) is 1.94. The highest BCUT2D eigenvalue weighted by molar-refractivity contribution is 5.91. The van der Waals surface area contributed by atoms with Gasteiger partial charge in [0.25, 0.3) is 0 Å². The zero-order valence-electron chi connectivity index (χ0n) is 13.1. The van der Waals surface area contributed by atoms with Crippen LogP contribution >= 0.6 is 0 Å². The van der Waals surface area contributed by atoms with Crippen LogP contribution in [-0.4, -0.2) is 37.4 Å². The molecule has 0 saturated carbocycles. The number of fused-ring (bicyclic) bond motifs is 1. The Labute approximate surface area is 134 Å². The zero-order chi connectivity index (χ0) is 16.1. The van der Waals surface area contributed by atoms with Crippen molar-refractivity contribution in [3.63, 3.8) is 0 Å². The first-order valence-electron chi connectivity index (χ1n) is 7.90. The van der Waals surface area contributed by atoms with Crippen LogP contribution in [0.25, 0.3) is 11.1 Å². The monoisotopic (exact) mass is 319 g/mol. The highest BCUT2D eigenvalue weighted by Gasteiger charge is 2.15. The van der Waals surface area contributed by atoms with Crippen molar-refractivity contribution >= 4 is 22.8 Å². The van der Waals surface area contributed by atoms with E-state index in [0.29, 0.717) is 35.9 Å². The maximum absolute atomic E-state index is 12.0. The van der Waals surface area contributed by atoms with E-state index in [1.165, 1.54) is 0 Å². The third kappa shape index (κ3) is 4.13. The number of benzene rings is 1. The van der Waals surface area contributed by atoms with Gasteiger partial charge in [-0.1, -0.05) is 0 Å². The Morgan fingerprint density at radius 3 is 3.00 bits per heavy atom. The molecule has 2 aromatic rings. The third-order valence-corrected chi connectivity index (χ3v) is 3.79. The number of nitrogens with zero attached hydrogens (tertiary/aromatic N) is 1. The standard InChI is InChI=1S/C16H21N3O4/c1-2-22-16-19-13-9-12(3-4-14(13)23-16)18-15(20)17-10-11-5-7-21-8-6-11/h3-4,9,11H,2,5-8,10H2,1H3,(H2,17,18,20). The largest absolute Gasteiger partial charge is 0.450 e. The fourth-order valence-electron chi connectivity index (χ4n) is 2.53. The van der Waals surface area contributed by atoms with Gasteiger partial charge in [0, 0.05) is 25.4 Å². The summed E-state index contributed by atoms with van der Waals surface area (Å²) >= 11 is 0. The van der Waals surface area contributed by atoms with Crippen molar-refractivity contribution in [2.45, 2.75) is 19.8 Å². The normalized spacial score (nSPS) is 15.5. The number of rotatable bonds is 5. The molecule has 1 aliphatic rings. The van der Waals surface area contributed by atoms with E-state index in [4.69, 9.17) is 13.9 Å². The Bertz CT molecular complexity index is 664. The molecule has 0 radical (unpaired) electrons. The number of anilines is 1. The average molecular weight is 319 g/mol. The van der Waals surface area contributed by atoms with Crippen molar-refractivity contribution < 1.29 is 18.7 Å². The van der Waals surface area contributed by atoms with Gasteiger partial charge >= 0.3 is 12.1 Å². The van der Waals surface area contributed by atoms with Gasteiger partial charge in [-0.25, -0.2) is 4.79 Å². The van der Waals surface area contributed by atoms with Gasteiger partial charge in [0.2, 0.25) is 0 Å². The Hall–Kier alpha value is -2.28. The van der Waals surface area contributed by atoms with Gasteiger partial charge in [0.05, 0.1) is 6.61 Å². The van der Waals surface area contributed by atoms with Gasteiger partial charge in [0.1, 0.15) is 5.52 Å². The summed E-state index contributed by atoms with van der Waals surface area (Å²) in [6.07, 6.45) is 2.22. The molecular formula is C16H21N3O4. The fraction of sp³-hybridized carbons (Fsp3) is 0.500. The minimum absolute atomic E-state index is 0.218. The van der Waals surface area contributed by atoms with E-state index in [1.54, 1.807) is 18.2 Å². The molecule has 1 aliphatic heterocycles. The molecule has 1 saturated heterocycles. The van der Waals surface area contributed by atoms with Crippen molar-refractivity contribution in [1.82, 2.24) is 10.3 Å². The molecule has 23 heavy (non-hydrogen) atoms. The molecule has 0 unspecified atom stereocenters. The first-order chi connectivity index (χ1) is 11.2. The van der Waals surface area contributed by atoms with Crippen molar-refractivity contribution in [3.8, 4) is 6.08 Å². The summed E-state index contributed by atoms with van der Waals surface area (Å²) < 4.78 is 16.0. The molecule has 7 heteroatoms. The van der Waals surface area contributed by atoms with Crippen LogP contribution in [-0.2, 0) is 4.74 Å². The van der Waals surface area contributed by atoms with Crippen LogP contribution in [0.3, 0.4) is 0 Å². The molecule has 124 valence electrons. The number of hydrogen-bond donors (Lipinski definition) is 2. The predicted octanol–water partition coefficient (Wildman–Crippen LogP) is 2.77. The van der Waals surface area contributed by atoms with Crippen LogP contribution in [0.4, 0.5) is 10.5 Å². The van der Waals surface area contributed by atoms with E-state index in [9.17, 15) is 4.79 Å². The Balaban J connectivity index is 1.56. The van der Waals surface area contributed by atoms with Gasteiger partial charge in [-0.05, 0) is 43.9 Å². The minimum atomic E-state index is -0.218. The Kier molecular flexibility index (Phi) is 4.97. The molecule has 7 nitrogen and oxygen atoms in total. The average Bonchev–Trinajstić information content (AvgIpc) is 2.96. The lowest BCUT2D eigenvalue weighted by Gasteiger charge is -2.22. The lowest BCUT2D eigenvalue weighted by Crippen LogP contribution is -2.35. The molecule has 2 heterocycles. The van der Waals surface area contributed by atoms with Crippen LogP contribution in [0.1, 0.15) is 19.8 Å². The van der Waals surface area contributed by atoms with Gasteiger partial charge in [-0.2, -0.15) is 4.98 Å². The second kappa shape index (κ2) is 7.32. The quantitative estimate of drug-likeness (QED) is 0.885. The molecule has 0 bridgehead atoms. The van der Waals surface area contributed by atoms with E-state index in [1.807, 2.05) is 6.92 Å². The molecular weight excluding hydrogens is 298 g/mol. The maximum atomic E-state index is 12.0. The number of aromatic nitrogens is 1. The van der Waals surface area contributed by atoms with Gasteiger partial charge < -0.3 is 24.5 Å². The van der Waals surface area contributed by atoms with Gasteiger partial charge in [0.15, 0.2) is 5.58 Å². The van der Waals surface area contributed by atoms with Crippen LogP contribution in [0.5, 0.6) is 6.08 Å². The highest BCUT2D eigenvalue weighted by atomic mass is 16.6. The molecule has 0 aliphatic carbocycles. The Morgan fingerprint density at radius 2 is 2.22 bits per heavy atom. The van der Waals surface area contributed by atoms with Crippen molar-refractivity contribution in [3.05, 3.63) is 18.2 Å². The minimum Gasteiger partial charge on any atom is -0.450 e. The highest BCUT2D eigenvalue weighted by Crippen LogP contribution is 2.23. The summed E-state index contributed by atoms with van der Waals surface area (Å²) in [5.74, 6) is 0.487. The van der Waals surface area contributed by atoms with Crippen LogP contribution < -0.4 is 15.4 Å². The lowest BCUT2D eigenvalue weighted by atomic mass is 10.0. The maximum Gasteiger partial charge on any atom is 0.394 e. The van der Waals surface area contributed by atoms with Crippen molar-refractivity contribution in [2.75, 3.05) is 31.7 Å². The number of carbonyl (C=O) groups excluding carboxylic acids is 1. The van der Waals surface area contributed by atoms with Crippen LogP contribution in [0, 0.1) is 5.92 Å². The lowest BCUT2D eigenvalue weighted by molar-refractivity contribution is 0.0671. The topological polar surface area (TPSA) is 85.6 Å². The second-order valence-electron chi connectivity index (χ2n) is 5.49. The van der Waals surface area contributed by atoms with E-state index in [-0.39, 0.29) is 12.1 Å². The summed E-state index contributed by atoms with van der Waals surface area (Å²) in [6, 6.07) is 5.08. The first-order valence-corrected chi connectivity index (χ1v) is 7.90. The molecule has 3 rings (SSSR count). The number of amides is 2. The summed E-state index contributed by atoms with van der Waals surface area (Å²) in [4.78, 5) is 16.2. The van der Waals surface area contributed by atoms with E-state index in [0.717, 1.165) is 26.1 Å². The van der Waals surface area contributed by atoms with Crippen LogP contribution in [0.2, 0.25) is 0 Å². The molecule has 1 fully saturated rings. The number of urea groups is 1. The van der Waals surface area contributed by atoms with Crippen molar-refractivity contribution in [2.24, 2.45) is 5.92 Å². The summed E-state index contributed by atoms with van der Waals surface area (Å²) in [6.45, 7) is 4.57. The van der Waals surface area contributed by atoms with Gasteiger partial charge in [-0.3, -0.25) is 0 Å². The zero-order valence-corrected chi connectivity index (χ0v) is 13.1. The second-order valence-corrected chi connectivity index (χ2v) is 5.49. The number of carbonyl (C=O) groups is 1. The number of oxazole rings is 1. The molecule has 2 amide bonds. The predicted molar refractivity (Wildman–Crippen MR) is 85.7 cm³/mol. The van der Waals surface area contributed by atoms with Crippen molar-refractivity contribution in [1.29, 1.82) is 0 Å². The fourth-order valence-corrected chi connectivity index (χ4v) is 2.53. The third-order valence-electron chi connectivity index (χ3n) is 3.79.